The molecule has 0 fully saturated rings. The molecule has 0 aromatic carbocycles. The SMILES string of the molecule is CC(=O)OCC(CCSC(C)=O)SC(C)=O. The van der Waals surface area contributed by atoms with E-state index in [1.165, 1.54) is 32.5 Å². The predicted molar refractivity (Wildman–Crippen MR) is 66.4 cm³/mol. The van der Waals surface area contributed by atoms with Gasteiger partial charge in [0, 0.05) is 31.8 Å². The second-order valence-corrected chi connectivity index (χ2v) is 5.91. The Morgan fingerprint density at radius 3 is 2.19 bits per heavy atom. The summed E-state index contributed by atoms with van der Waals surface area (Å²) in [6.45, 7) is 4.53. The number of hydrogen-bond donors (Lipinski definition) is 0. The first kappa shape index (κ1) is 15.5. The molecule has 0 bridgehead atoms. The topological polar surface area (TPSA) is 60.4 Å². The number of thioether (sulfide) groups is 2. The van der Waals surface area contributed by atoms with Crippen molar-refractivity contribution in [3.05, 3.63) is 0 Å². The Bertz CT molecular complexity index is 266. The summed E-state index contributed by atoms with van der Waals surface area (Å²) < 4.78 is 4.86. The van der Waals surface area contributed by atoms with Crippen LogP contribution in [0.15, 0.2) is 0 Å². The fourth-order valence-electron chi connectivity index (χ4n) is 0.955. The van der Waals surface area contributed by atoms with Crippen LogP contribution in [-0.4, -0.2) is 33.8 Å². The largest absolute Gasteiger partial charge is 0.465 e. The van der Waals surface area contributed by atoms with E-state index in [-0.39, 0.29) is 28.1 Å². The minimum absolute atomic E-state index is 0.00928. The molecule has 1 unspecified atom stereocenters. The Hall–Kier alpha value is -0.490. The van der Waals surface area contributed by atoms with Crippen LogP contribution in [0.2, 0.25) is 0 Å². The molecule has 0 rings (SSSR count). The monoisotopic (exact) mass is 264 g/mol. The third-order valence-corrected chi connectivity index (χ3v) is 3.43. The van der Waals surface area contributed by atoms with Crippen molar-refractivity contribution in [2.24, 2.45) is 0 Å². The van der Waals surface area contributed by atoms with Crippen molar-refractivity contribution in [2.75, 3.05) is 12.4 Å². The molecule has 0 saturated heterocycles. The van der Waals surface area contributed by atoms with Gasteiger partial charge in [-0.2, -0.15) is 0 Å². The first-order chi connectivity index (χ1) is 7.41. The zero-order valence-electron chi connectivity index (χ0n) is 9.65. The third kappa shape index (κ3) is 10.0. The molecule has 0 radical (unpaired) electrons. The Balaban J connectivity index is 3.94. The summed E-state index contributed by atoms with van der Waals surface area (Å²) in [6, 6.07) is 0. The van der Waals surface area contributed by atoms with Gasteiger partial charge in [-0.1, -0.05) is 23.5 Å². The highest BCUT2D eigenvalue weighted by Gasteiger charge is 2.14. The summed E-state index contributed by atoms with van der Waals surface area (Å²) in [4.78, 5) is 32.3. The summed E-state index contributed by atoms with van der Waals surface area (Å²) >= 11 is 2.37. The maximum absolute atomic E-state index is 10.9. The molecule has 6 heteroatoms. The molecule has 0 N–H and O–H groups in total. The highest BCUT2D eigenvalue weighted by molar-refractivity contribution is 8.14. The van der Waals surface area contributed by atoms with Crippen LogP contribution in [-0.2, 0) is 19.1 Å². The van der Waals surface area contributed by atoms with Crippen LogP contribution in [0.5, 0.6) is 0 Å². The van der Waals surface area contributed by atoms with Gasteiger partial charge in [0.15, 0.2) is 10.2 Å². The van der Waals surface area contributed by atoms with E-state index in [0.717, 1.165) is 11.8 Å². The van der Waals surface area contributed by atoms with Gasteiger partial charge in [-0.3, -0.25) is 14.4 Å². The number of esters is 1. The van der Waals surface area contributed by atoms with Crippen LogP contribution in [0.3, 0.4) is 0 Å². The minimum Gasteiger partial charge on any atom is -0.465 e. The van der Waals surface area contributed by atoms with Gasteiger partial charge in [-0.05, 0) is 6.42 Å². The van der Waals surface area contributed by atoms with Gasteiger partial charge in [-0.25, -0.2) is 0 Å². The molecule has 0 spiro atoms. The van der Waals surface area contributed by atoms with E-state index in [4.69, 9.17) is 4.74 Å². The van der Waals surface area contributed by atoms with Gasteiger partial charge >= 0.3 is 5.97 Å². The lowest BCUT2D eigenvalue weighted by molar-refractivity contribution is -0.141. The summed E-state index contributed by atoms with van der Waals surface area (Å²) in [5.41, 5.74) is 0. The Morgan fingerprint density at radius 1 is 1.12 bits per heavy atom. The molecule has 0 amide bonds. The molecule has 4 nitrogen and oxygen atoms in total. The molecular weight excluding hydrogens is 248 g/mol. The van der Waals surface area contributed by atoms with Crippen molar-refractivity contribution in [1.29, 1.82) is 0 Å². The van der Waals surface area contributed by atoms with Crippen molar-refractivity contribution in [1.82, 2.24) is 0 Å². The number of carbonyl (C=O) groups is 3. The van der Waals surface area contributed by atoms with Gasteiger partial charge in [0.05, 0.1) is 0 Å². The van der Waals surface area contributed by atoms with E-state index in [2.05, 4.69) is 0 Å². The van der Waals surface area contributed by atoms with E-state index >= 15 is 0 Å². The smallest absolute Gasteiger partial charge is 0.302 e. The average molecular weight is 264 g/mol. The second kappa shape index (κ2) is 8.64. The van der Waals surface area contributed by atoms with Gasteiger partial charge < -0.3 is 4.74 Å². The highest BCUT2D eigenvalue weighted by Crippen LogP contribution is 2.19. The Labute approximate surface area is 104 Å². The zero-order valence-corrected chi connectivity index (χ0v) is 11.3. The van der Waals surface area contributed by atoms with Crippen molar-refractivity contribution in [3.8, 4) is 0 Å². The number of carbonyl (C=O) groups excluding carboxylic acids is 3. The molecule has 92 valence electrons. The normalized spacial score (nSPS) is 11.9. The summed E-state index contributed by atoms with van der Waals surface area (Å²) in [6.07, 6.45) is 0.668. The lowest BCUT2D eigenvalue weighted by Crippen LogP contribution is -2.17. The van der Waals surface area contributed by atoms with Crippen LogP contribution in [0.25, 0.3) is 0 Å². The first-order valence-corrected chi connectivity index (χ1v) is 6.72. The molecule has 0 aromatic heterocycles. The highest BCUT2D eigenvalue weighted by atomic mass is 32.2. The van der Waals surface area contributed by atoms with Gasteiger partial charge in [0.2, 0.25) is 0 Å². The van der Waals surface area contributed by atoms with Crippen LogP contribution in [0.4, 0.5) is 0 Å². The van der Waals surface area contributed by atoms with Gasteiger partial charge in [0.1, 0.15) is 6.61 Å². The minimum atomic E-state index is -0.353. The van der Waals surface area contributed by atoms with Crippen molar-refractivity contribution >= 4 is 39.7 Å². The lowest BCUT2D eigenvalue weighted by Gasteiger charge is -2.13. The van der Waals surface area contributed by atoms with E-state index < -0.39 is 0 Å². The molecule has 0 aromatic rings. The predicted octanol–water partition coefficient (Wildman–Crippen LogP) is 1.87. The van der Waals surface area contributed by atoms with Crippen LogP contribution < -0.4 is 0 Å². The van der Waals surface area contributed by atoms with E-state index in [1.807, 2.05) is 0 Å². The van der Waals surface area contributed by atoms with Gasteiger partial charge in [-0.15, -0.1) is 0 Å². The number of rotatable bonds is 6. The fraction of sp³-hybridized carbons (Fsp3) is 0.700. The Morgan fingerprint density at radius 2 is 1.75 bits per heavy atom. The van der Waals surface area contributed by atoms with E-state index in [0.29, 0.717) is 12.2 Å². The second-order valence-electron chi connectivity index (χ2n) is 3.16. The zero-order chi connectivity index (χ0) is 12.6. The first-order valence-electron chi connectivity index (χ1n) is 4.85. The van der Waals surface area contributed by atoms with Crippen LogP contribution >= 0.6 is 23.5 Å². The van der Waals surface area contributed by atoms with Crippen LogP contribution in [0.1, 0.15) is 27.2 Å². The van der Waals surface area contributed by atoms with E-state index in [9.17, 15) is 14.4 Å². The van der Waals surface area contributed by atoms with Crippen molar-refractivity contribution in [2.45, 2.75) is 32.4 Å². The van der Waals surface area contributed by atoms with E-state index in [1.54, 1.807) is 0 Å². The number of hydrogen-bond acceptors (Lipinski definition) is 6. The summed E-state index contributed by atoms with van der Waals surface area (Å²) in [5, 5.41) is -0.0164. The summed E-state index contributed by atoms with van der Waals surface area (Å²) in [7, 11) is 0. The molecule has 16 heavy (non-hydrogen) atoms. The molecule has 0 aliphatic rings. The number of ether oxygens (including phenoxy) is 1. The lowest BCUT2D eigenvalue weighted by atomic mass is 10.3. The molecule has 0 heterocycles. The quantitative estimate of drug-likeness (QED) is 0.683. The van der Waals surface area contributed by atoms with Crippen molar-refractivity contribution < 1.29 is 19.1 Å². The average Bonchev–Trinajstić information content (AvgIpc) is 2.12. The van der Waals surface area contributed by atoms with Gasteiger partial charge in [0.25, 0.3) is 0 Å². The van der Waals surface area contributed by atoms with Crippen molar-refractivity contribution in [3.63, 3.8) is 0 Å². The molecule has 0 saturated carbocycles. The van der Waals surface area contributed by atoms with Crippen LogP contribution in [0, 0.1) is 0 Å². The fourth-order valence-corrected chi connectivity index (χ4v) is 2.64. The maximum Gasteiger partial charge on any atom is 0.302 e. The summed E-state index contributed by atoms with van der Waals surface area (Å²) in [5.74, 6) is 0.287. The molecule has 1 atom stereocenters. The standard InChI is InChI=1S/C10H16O4S2/c1-7(11)14-6-10(16-9(3)13)4-5-15-8(2)12/h10H,4-6H2,1-3H3. The molecular formula is C10H16O4S2. The molecule has 0 aliphatic carbocycles. The third-order valence-electron chi connectivity index (χ3n) is 1.55. The maximum atomic E-state index is 10.9. The molecule has 0 aliphatic heterocycles. The Kier molecular flexibility index (Phi) is 8.37.